The minimum absolute atomic E-state index is 0.0457. The molecule has 0 bridgehead atoms. The van der Waals surface area contributed by atoms with E-state index in [1.165, 1.54) is 48.6 Å². The molecular formula is C30H35F5N2O5. The molecule has 1 saturated carbocycles. The number of carbonyl (C=O) groups is 2. The van der Waals surface area contributed by atoms with Gasteiger partial charge in [-0.15, -0.1) is 0 Å². The summed E-state index contributed by atoms with van der Waals surface area (Å²) in [6, 6.07) is 8.25. The molecule has 1 aliphatic rings. The predicted molar refractivity (Wildman–Crippen MR) is 148 cm³/mol. The Labute approximate surface area is 240 Å². The van der Waals surface area contributed by atoms with Gasteiger partial charge < -0.3 is 26.0 Å². The second-order valence-electron chi connectivity index (χ2n) is 10.5. The lowest BCUT2D eigenvalue weighted by Crippen LogP contribution is -2.37. The Morgan fingerprint density at radius 3 is 2.14 bits per heavy atom. The molecule has 7 nitrogen and oxygen atoms in total. The fourth-order valence-electron chi connectivity index (χ4n) is 4.98. The maximum Gasteiger partial charge on any atom is 0.400 e. The number of nitrogen functional groups attached to an aromatic ring is 2. The maximum atomic E-state index is 14.7. The number of hydrogen-bond acceptors (Lipinski definition) is 6. The van der Waals surface area contributed by atoms with Gasteiger partial charge in [-0.1, -0.05) is 19.1 Å². The number of anilines is 2. The molecule has 0 spiro atoms. The Morgan fingerprint density at radius 1 is 1.02 bits per heavy atom. The molecular weight excluding hydrogens is 563 g/mol. The summed E-state index contributed by atoms with van der Waals surface area (Å²) >= 11 is 0. The summed E-state index contributed by atoms with van der Waals surface area (Å²) in [5.74, 6) is -3.19. The van der Waals surface area contributed by atoms with Crippen LogP contribution in [0, 0.1) is 11.8 Å². The number of nitrogens with two attached hydrogens (primary N) is 2. The Balaban J connectivity index is 1.51. The van der Waals surface area contributed by atoms with Gasteiger partial charge in [0.25, 0.3) is 0 Å². The lowest BCUT2D eigenvalue weighted by atomic mass is 9.79. The quantitative estimate of drug-likeness (QED) is 0.102. The van der Waals surface area contributed by atoms with Crippen LogP contribution in [0.5, 0.6) is 5.75 Å². The van der Waals surface area contributed by atoms with Crippen molar-refractivity contribution < 1.29 is 46.1 Å². The predicted octanol–water partition coefficient (Wildman–Crippen LogP) is 7.25. The normalized spacial score (nSPS) is 18.5. The van der Waals surface area contributed by atoms with E-state index in [1.54, 1.807) is 6.92 Å². The molecule has 2 aromatic rings. The first-order valence-electron chi connectivity index (χ1n) is 13.7. The third-order valence-electron chi connectivity index (χ3n) is 7.44. The van der Waals surface area contributed by atoms with E-state index in [0.717, 1.165) is 0 Å². The topological polar surface area (TPSA) is 125 Å². The fourth-order valence-corrected chi connectivity index (χ4v) is 4.98. The highest BCUT2D eigenvalue weighted by molar-refractivity contribution is 5.91. The van der Waals surface area contributed by atoms with Crippen molar-refractivity contribution in [2.24, 2.45) is 11.8 Å². The first kappa shape index (κ1) is 32.7. The standard InChI is InChI=1S/C30H35F5N2O5/c1-2-22(17-24-25(36)15-20(28(39)40)16-26(24)37)41-27(38)12-7-18-5-10-23(11-6-18)42-30(34,35)21-8-3-19(4-9-21)13-14-29(31,32)33/h5-7,10-12,15-16,19,21-22H,2-4,8-9,13-14,17,36-37H2,1H3,(H,39,40). The van der Waals surface area contributed by atoms with Gasteiger partial charge in [0.1, 0.15) is 11.9 Å². The molecule has 0 amide bonds. The van der Waals surface area contributed by atoms with Crippen molar-refractivity contribution in [3.8, 4) is 5.75 Å². The number of alkyl halides is 5. The largest absolute Gasteiger partial charge is 0.478 e. The second-order valence-corrected chi connectivity index (χ2v) is 10.5. The minimum Gasteiger partial charge on any atom is -0.478 e. The van der Waals surface area contributed by atoms with Crippen molar-refractivity contribution in [3.63, 3.8) is 0 Å². The SMILES string of the molecule is CCC(Cc1c(N)cc(C(=O)O)cc1N)OC(=O)C=Cc1ccc(OC(F)(F)C2CCC(CCC(F)(F)F)CC2)cc1. The molecule has 1 unspecified atom stereocenters. The van der Waals surface area contributed by atoms with E-state index in [9.17, 15) is 31.5 Å². The average Bonchev–Trinajstić information content (AvgIpc) is 2.92. The third kappa shape index (κ3) is 9.63. The number of ether oxygens (including phenoxy) is 2. The number of carbonyl (C=O) groups excluding carboxylic acids is 1. The molecule has 42 heavy (non-hydrogen) atoms. The van der Waals surface area contributed by atoms with Gasteiger partial charge in [-0.2, -0.15) is 22.0 Å². The Hall–Kier alpha value is -3.83. The Bertz CT molecular complexity index is 1230. The molecule has 12 heteroatoms. The lowest BCUT2D eigenvalue weighted by Gasteiger charge is -2.33. The van der Waals surface area contributed by atoms with E-state index in [-0.39, 0.29) is 54.3 Å². The van der Waals surface area contributed by atoms with Gasteiger partial charge in [-0.25, -0.2) is 9.59 Å². The van der Waals surface area contributed by atoms with Crippen LogP contribution in [0.25, 0.3) is 6.08 Å². The zero-order chi connectivity index (χ0) is 31.1. The van der Waals surface area contributed by atoms with Crippen molar-refractivity contribution in [2.75, 3.05) is 11.5 Å². The Kier molecular flexibility index (Phi) is 10.8. The van der Waals surface area contributed by atoms with Crippen LogP contribution < -0.4 is 16.2 Å². The van der Waals surface area contributed by atoms with E-state index in [1.807, 2.05) is 0 Å². The van der Waals surface area contributed by atoms with Crippen molar-refractivity contribution in [1.82, 2.24) is 0 Å². The van der Waals surface area contributed by atoms with E-state index in [4.69, 9.17) is 26.0 Å². The molecule has 1 atom stereocenters. The lowest BCUT2D eigenvalue weighted by molar-refractivity contribution is -0.224. The molecule has 3 rings (SSSR count). The molecule has 0 aliphatic heterocycles. The van der Waals surface area contributed by atoms with Crippen LogP contribution in [0.3, 0.4) is 0 Å². The van der Waals surface area contributed by atoms with Gasteiger partial charge >= 0.3 is 24.2 Å². The van der Waals surface area contributed by atoms with E-state index >= 15 is 0 Å². The number of benzene rings is 2. The second kappa shape index (κ2) is 13.9. The summed E-state index contributed by atoms with van der Waals surface area (Å²) in [4.78, 5) is 23.6. The monoisotopic (exact) mass is 598 g/mol. The van der Waals surface area contributed by atoms with Crippen molar-refractivity contribution in [3.05, 3.63) is 59.2 Å². The molecule has 1 aliphatic carbocycles. The first-order valence-corrected chi connectivity index (χ1v) is 13.7. The summed E-state index contributed by atoms with van der Waals surface area (Å²) in [5, 5.41) is 9.13. The van der Waals surface area contributed by atoms with Gasteiger partial charge in [0.2, 0.25) is 0 Å². The fraction of sp³-hybridized carbons (Fsp3) is 0.467. The number of rotatable bonds is 12. The van der Waals surface area contributed by atoms with Crippen LogP contribution >= 0.6 is 0 Å². The van der Waals surface area contributed by atoms with E-state index < -0.39 is 42.7 Å². The van der Waals surface area contributed by atoms with Crippen LogP contribution in [0.4, 0.5) is 33.3 Å². The Morgan fingerprint density at radius 2 is 1.62 bits per heavy atom. The molecule has 0 heterocycles. The van der Waals surface area contributed by atoms with Crippen LogP contribution in [-0.2, 0) is 16.0 Å². The van der Waals surface area contributed by atoms with Crippen LogP contribution in [0.2, 0.25) is 0 Å². The van der Waals surface area contributed by atoms with Gasteiger partial charge in [-0.05, 0) is 80.3 Å². The summed E-state index contributed by atoms with van der Waals surface area (Å²) in [6.45, 7) is 1.80. The van der Waals surface area contributed by atoms with Crippen molar-refractivity contribution in [2.45, 2.75) is 76.7 Å². The average molecular weight is 599 g/mol. The minimum atomic E-state index is -4.24. The highest BCUT2D eigenvalue weighted by Gasteiger charge is 2.44. The van der Waals surface area contributed by atoms with Gasteiger partial charge in [-0.3, -0.25) is 0 Å². The van der Waals surface area contributed by atoms with Crippen LogP contribution in [-0.4, -0.2) is 35.4 Å². The first-order chi connectivity index (χ1) is 19.7. The summed E-state index contributed by atoms with van der Waals surface area (Å²) in [5.41, 5.74) is 13.2. The molecule has 5 N–H and O–H groups in total. The number of carboxylic acids is 1. The van der Waals surface area contributed by atoms with Crippen LogP contribution in [0.15, 0.2) is 42.5 Å². The summed E-state index contributed by atoms with van der Waals surface area (Å²) in [7, 11) is 0. The summed E-state index contributed by atoms with van der Waals surface area (Å²) in [6.07, 6.45) is -5.21. The number of carboxylic acid groups (broad SMARTS) is 1. The molecule has 2 aromatic carbocycles. The summed E-state index contributed by atoms with van der Waals surface area (Å²) < 4.78 is 77.2. The number of aromatic carboxylic acids is 1. The number of hydrogen-bond donors (Lipinski definition) is 3. The van der Waals surface area contributed by atoms with Crippen LogP contribution in [0.1, 0.15) is 73.4 Å². The van der Waals surface area contributed by atoms with E-state index in [2.05, 4.69) is 0 Å². The van der Waals surface area contributed by atoms with Gasteiger partial charge in [0, 0.05) is 35.9 Å². The molecule has 230 valence electrons. The molecule has 0 saturated heterocycles. The van der Waals surface area contributed by atoms with Gasteiger partial charge in [0.05, 0.1) is 11.5 Å². The third-order valence-corrected chi connectivity index (χ3v) is 7.44. The zero-order valence-corrected chi connectivity index (χ0v) is 23.1. The number of halogens is 5. The number of esters is 1. The zero-order valence-electron chi connectivity index (χ0n) is 23.1. The molecule has 0 aromatic heterocycles. The molecule has 1 fully saturated rings. The van der Waals surface area contributed by atoms with Crippen molar-refractivity contribution in [1.29, 1.82) is 0 Å². The maximum absolute atomic E-state index is 14.7. The highest BCUT2D eigenvalue weighted by atomic mass is 19.4. The molecule has 0 radical (unpaired) electrons. The van der Waals surface area contributed by atoms with Gasteiger partial charge in [0.15, 0.2) is 0 Å². The highest BCUT2D eigenvalue weighted by Crippen LogP contribution is 2.42. The van der Waals surface area contributed by atoms with Crippen molar-refractivity contribution >= 4 is 29.4 Å². The van der Waals surface area contributed by atoms with E-state index in [0.29, 0.717) is 30.4 Å². The smallest absolute Gasteiger partial charge is 0.400 e.